The highest BCUT2D eigenvalue weighted by molar-refractivity contribution is 5.96. The molecule has 1 saturated carbocycles. The van der Waals surface area contributed by atoms with Crippen molar-refractivity contribution in [2.24, 2.45) is 5.92 Å². The molecule has 0 heterocycles. The molecular formula is C17H25NO3. The topological polar surface area (TPSA) is 61.5 Å². The molecule has 0 aromatic heterocycles. The number of benzene rings is 1. The molecule has 2 unspecified atom stereocenters. The number of nitrogens with two attached hydrogens (primary N) is 1. The van der Waals surface area contributed by atoms with Gasteiger partial charge in [0.25, 0.3) is 0 Å². The first-order chi connectivity index (χ1) is 10.2. The van der Waals surface area contributed by atoms with Crippen molar-refractivity contribution >= 4 is 11.7 Å². The Balaban J connectivity index is 2.16. The molecule has 0 amide bonds. The maximum atomic E-state index is 11.9. The smallest absolute Gasteiger partial charge is 0.340 e. The largest absolute Gasteiger partial charge is 0.488 e. The molecule has 1 aromatic rings. The number of nitrogen functional groups attached to an aromatic ring is 1. The second kappa shape index (κ2) is 7.34. The lowest BCUT2D eigenvalue weighted by Gasteiger charge is -2.31. The van der Waals surface area contributed by atoms with Crippen LogP contribution in [0.1, 0.15) is 56.3 Å². The van der Waals surface area contributed by atoms with Gasteiger partial charge < -0.3 is 15.2 Å². The summed E-state index contributed by atoms with van der Waals surface area (Å²) in [6, 6.07) is 5.31. The molecule has 2 atom stereocenters. The van der Waals surface area contributed by atoms with Gasteiger partial charge in [0.1, 0.15) is 11.9 Å². The summed E-state index contributed by atoms with van der Waals surface area (Å²) in [4.78, 5) is 11.9. The zero-order valence-electron chi connectivity index (χ0n) is 12.9. The van der Waals surface area contributed by atoms with Crippen LogP contribution >= 0.6 is 0 Å². The van der Waals surface area contributed by atoms with Gasteiger partial charge in [-0.2, -0.15) is 0 Å². The lowest BCUT2D eigenvalue weighted by molar-refractivity contribution is 0.0525. The van der Waals surface area contributed by atoms with E-state index in [9.17, 15) is 4.79 Å². The number of hydrogen-bond donors (Lipinski definition) is 1. The Hall–Kier alpha value is -1.71. The van der Waals surface area contributed by atoms with E-state index in [0.29, 0.717) is 29.5 Å². The molecule has 4 nitrogen and oxygen atoms in total. The fourth-order valence-corrected chi connectivity index (χ4v) is 2.99. The van der Waals surface area contributed by atoms with Gasteiger partial charge >= 0.3 is 5.97 Å². The minimum Gasteiger partial charge on any atom is -0.488 e. The van der Waals surface area contributed by atoms with Gasteiger partial charge in [0.15, 0.2) is 0 Å². The number of ether oxygens (including phenoxy) is 2. The van der Waals surface area contributed by atoms with E-state index in [1.165, 1.54) is 19.3 Å². The van der Waals surface area contributed by atoms with Crippen molar-refractivity contribution in [3.05, 3.63) is 23.8 Å². The molecule has 21 heavy (non-hydrogen) atoms. The Morgan fingerprint density at radius 3 is 2.76 bits per heavy atom. The summed E-state index contributed by atoms with van der Waals surface area (Å²) in [5.74, 6) is 0.784. The average Bonchev–Trinajstić information content (AvgIpc) is 2.50. The summed E-state index contributed by atoms with van der Waals surface area (Å²) >= 11 is 0. The molecule has 2 rings (SSSR count). The first-order valence-corrected chi connectivity index (χ1v) is 7.89. The van der Waals surface area contributed by atoms with Crippen LogP contribution in [0, 0.1) is 5.92 Å². The van der Waals surface area contributed by atoms with E-state index < -0.39 is 5.97 Å². The number of para-hydroxylation sites is 1. The zero-order valence-corrected chi connectivity index (χ0v) is 12.9. The minimum atomic E-state index is -0.392. The lowest BCUT2D eigenvalue weighted by Crippen LogP contribution is -2.30. The summed E-state index contributed by atoms with van der Waals surface area (Å²) in [7, 11) is 0. The highest BCUT2D eigenvalue weighted by atomic mass is 16.5. The van der Waals surface area contributed by atoms with Crippen LogP contribution < -0.4 is 10.5 Å². The third-order valence-electron chi connectivity index (χ3n) is 4.20. The van der Waals surface area contributed by atoms with Crippen LogP contribution in [0.5, 0.6) is 5.75 Å². The number of carbonyl (C=O) groups is 1. The van der Waals surface area contributed by atoms with Crippen LogP contribution in [-0.2, 0) is 4.74 Å². The van der Waals surface area contributed by atoms with Gasteiger partial charge in [-0.25, -0.2) is 4.79 Å². The van der Waals surface area contributed by atoms with Crippen LogP contribution in [0.25, 0.3) is 0 Å². The minimum absolute atomic E-state index is 0.198. The van der Waals surface area contributed by atoms with E-state index in [4.69, 9.17) is 15.2 Å². The summed E-state index contributed by atoms with van der Waals surface area (Å²) in [6.07, 6.45) is 6.04. The predicted octanol–water partition coefficient (Wildman–Crippen LogP) is 3.79. The van der Waals surface area contributed by atoms with Crippen LogP contribution in [-0.4, -0.2) is 18.7 Å². The summed E-state index contributed by atoms with van der Waals surface area (Å²) in [6.45, 7) is 4.32. The zero-order chi connectivity index (χ0) is 15.2. The van der Waals surface area contributed by atoms with Crippen LogP contribution in [0.15, 0.2) is 18.2 Å². The van der Waals surface area contributed by atoms with Gasteiger partial charge in [0.05, 0.1) is 17.9 Å². The molecular weight excluding hydrogens is 266 g/mol. The fourth-order valence-electron chi connectivity index (χ4n) is 2.99. The molecule has 2 N–H and O–H groups in total. The van der Waals surface area contributed by atoms with Crippen molar-refractivity contribution in [3.63, 3.8) is 0 Å². The van der Waals surface area contributed by atoms with Crippen molar-refractivity contribution in [3.8, 4) is 5.75 Å². The van der Waals surface area contributed by atoms with Gasteiger partial charge in [-0.1, -0.05) is 19.4 Å². The third kappa shape index (κ3) is 3.69. The molecule has 0 saturated heterocycles. The normalized spacial score (nSPS) is 21.8. The van der Waals surface area contributed by atoms with Crippen LogP contribution in [0.2, 0.25) is 0 Å². The van der Waals surface area contributed by atoms with Crippen LogP contribution in [0.4, 0.5) is 5.69 Å². The Kier molecular flexibility index (Phi) is 5.48. The maximum Gasteiger partial charge on any atom is 0.340 e. The van der Waals surface area contributed by atoms with Gasteiger partial charge in [-0.3, -0.25) is 0 Å². The van der Waals surface area contributed by atoms with Crippen LogP contribution in [0.3, 0.4) is 0 Å². The Morgan fingerprint density at radius 1 is 1.29 bits per heavy atom. The number of rotatable bonds is 5. The molecule has 1 aliphatic rings. The lowest BCUT2D eigenvalue weighted by atomic mass is 9.85. The second-order valence-electron chi connectivity index (χ2n) is 5.55. The first kappa shape index (κ1) is 15.7. The number of carbonyl (C=O) groups excluding carboxylic acids is 1. The highest BCUT2D eigenvalue weighted by Gasteiger charge is 2.26. The predicted molar refractivity (Wildman–Crippen MR) is 83.5 cm³/mol. The Labute approximate surface area is 126 Å². The molecule has 0 radical (unpaired) electrons. The highest BCUT2D eigenvalue weighted by Crippen LogP contribution is 2.33. The van der Waals surface area contributed by atoms with Crippen molar-refractivity contribution in [1.29, 1.82) is 0 Å². The van der Waals surface area contributed by atoms with Crippen molar-refractivity contribution in [2.45, 2.75) is 52.1 Å². The van der Waals surface area contributed by atoms with E-state index in [2.05, 4.69) is 6.92 Å². The molecule has 1 aromatic carbocycles. The van der Waals surface area contributed by atoms with E-state index in [-0.39, 0.29) is 6.10 Å². The Morgan fingerprint density at radius 2 is 2.05 bits per heavy atom. The third-order valence-corrected chi connectivity index (χ3v) is 4.20. The van der Waals surface area contributed by atoms with Crippen molar-refractivity contribution in [1.82, 2.24) is 0 Å². The molecule has 0 aliphatic heterocycles. The molecule has 1 fully saturated rings. The van der Waals surface area contributed by atoms with Crippen molar-refractivity contribution < 1.29 is 14.3 Å². The average molecular weight is 291 g/mol. The molecule has 1 aliphatic carbocycles. The number of anilines is 1. The van der Waals surface area contributed by atoms with E-state index >= 15 is 0 Å². The quantitative estimate of drug-likeness (QED) is 0.662. The molecule has 4 heteroatoms. The monoisotopic (exact) mass is 291 g/mol. The van der Waals surface area contributed by atoms with Crippen molar-refractivity contribution in [2.75, 3.05) is 12.3 Å². The summed E-state index contributed by atoms with van der Waals surface area (Å²) < 4.78 is 11.1. The van der Waals surface area contributed by atoms with Gasteiger partial charge in [0.2, 0.25) is 0 Å². The fraction of sp³-hybridized carbons (Fsp3) is 0.588. The van der Waals surface area contributed by atoms with E-state index in [1.807, 2.05) is 6.07 Å². The molecule has 0 bridgehead atoms. The van der Waals surface area contributed by atoms with E-state index in [1.54, 1.807) is 19.1 Å². The van der Waals surface area contributed by atoms with Gasteiger partial charge in [-0.15, -0.1) is 0 Å². The molecule has 0 spiro atoms. The number of esters is 1. The summed E-state index contributed by atoms with van der Waals surface area (Å²) in [5.41, 5.74) is 6.87. The molecule has 116 valence electrons. The van der Waals surface area contributed by atoms with E-state index in [0.717, 1.165) is 12.8 Å². The van der Waals surface area contributed by atoms with Gasteiger partial charge in [-0.05, 0) is 50.7 Å². The number of hydrogen-bond acceptors (Lipinski definition) is 4. The SMILES string of the molecule is CCOC(=O)c1cccc(OC2CCCCC2CC)c1N. The summed E-state index contributed by atoms with van der Waals surface area (Å²) in [5, 5.41) is 0. The van der Waals surface area contributed by atoms with Gasteiger partial charge in [0, 0.05) is 0 Å². The second-order valence-corrected chi connectivity index (χ2v) is 5.55. The Bertz CT molecular complexity index is 487. The first-order valence-electron chi connectivity index (χ1n) is 7.89. The standard InChI is InChI=1S/C17H25NO3/c1-3-12-8-5-6-10-14(12)21-15-11-7-9-13(16(15)18)17(19)20-4-2/h7,9,11-12,14H,3-6,8,10,18H2,1-2H3. The maximum absolute atomic E-state index is 11.9.